The van der Waals surface area contributed by atoms with Crippen molar-refractivity contribution in [3.63, 3.8) is 0 Å². The van der Waals surface area contributed by atoms with Gasteiger partial charge in [-0.15, -0.1) is 18.2 Å². The molecule has 0 aliphatic heterocycles. The number of benzene rings is 3. The molecule has 0 spiro atoms. The normalized spacial score (nSPS) is 13.3. The number of halogens is 2. The summed E-state index contributed by atoms with van der Waals surface area (Å²) in [5.74, 6) is 4.97. The molecular formula is C35H32F2GeIrN2O-2. The largest absolute Gasteiger partial charge is 0 e. The predicted molar refractivity (Wildman–Crippen MR) is 166 cm³/mol. The van der Waals surface area contributed by atoms with E-state index in [9.17, 15) is 8.78 Å². The maximum atomic E-state index is 14.0. The fraction of sp³-hybridized carbons (Fsp3) is 0.200. The third-order valence-corrected chi connectivity index (χ3v) is 11.0. The standard InChI is InChI=1S/C20H14F2NO.C15H18GeN.Ir/c1-11(2)16-9-18(23-10-17(16)22)15-5-3-4-14-13-7-6-12(21)8-19(13)24-20(14)15;1-12-5-7-13(8-6-12)15-10-9-14(11-17-15)16(2,3)4;/h3-4,6-11H,1-2H3;5-7,9-11H,1-4H3;/q2*-1;/i11D;1D3;. The summed E-state index contributed by atoms with van der Waals surface area (Å²) in [5.41, 5.74) is 4.16. The molecule has 0 amide bonds. The van der Waals surface area contributed by atoms with Crippen molar-refractivity contribution in [2.75, 3.05) is 0 Å². The van der Waals surface area contributed by atoms with Crippen LogP contribution in [0.5, 0.6) is 0 Å². The van der Waals surface area contributed by atoms with Crippen LogP contribution in [0.2, 0.25) is 17.3 Å². The molecule has 0 bridgehead atoms. The van der Waals surface area contributed by atoms with Crippen molar-refractivity contribution in [1.82, 2.24) is 9.97 Å². The van der Waals surface area contributed by atoms with Crippen molar-refractivity contribution in [2.24, 2.45) is 0 Å². The van der Waals surface area contributed by atoms with Gasteiger partial charge in [0.05, 0.1) is 11.8 Å². The molecule has 1 radical (unpaired) electrons. The maximum Gasteiger partial charge on any atom is 0 e. The van der Waals surface area contributed by atoms with E-state index in [1.54, 1.807) is 44.2 Å². The summed E-state index contributed by atoms with van der Waals surface area (Å²) in [4.78, 5) is 8.62. The molecular weight excluding hydrogens is 767 g/mol. The van der Waals surface area contributed by atoms with Gasteiger partial charge in [0.1, 0.15) is 17.2 Å². The fourth-order valence-electron chi connectivity index (χ4n) is 4.45. The van der Waals surface area contributed by atoms with Gasteiger partial charge in [-0.25, -0.2) is 8.78 Å². The minimum atomic E-state index is -2.08. The molecule has 0 fully saturated rings. The Labute approximate surface area is 267 Å². The number of fused-ring (bicyclic) bond motifs is 3. The molecule has 0 atom stereocenters. The van der Waals surface area contributed by atoms with Crippen molar-refractivity contribution in [2.45, 2.75) is 43.9 Å². The van der Waals surface area contributed by atoms with E-state index in [2.05, 4.69) is 45.4 Å². The molecule has 0 aliphatic rings. The number of rotatable bonds is 4. The molecule has 6 rings (SSSR count). The van der Waals surface area contributed by atoms with Crippen LogP contribution in [0.3, 0.4) is 0 Å². The smallest absolute Gasteiger partial charge is 0 e. The van der Waals surface area contributed by atoms with Gasteiger partial charge in [-0.1, -0.05) is 30.9 Å². The molecule has 3 aromatic carbocycles. The van der Waals surface area contributed by atoms with Crippen LogP contribution in [0.15, 0.2) is 83.5 Å². The molecule has 6 aromatic rings. The molecule has 3 aromatic heterocycles. The number of furan rings is 1. The fourth-order valence-corrected chi connectivity index (χ4v) is 6.62. The van der Waals surface area contributed by atoms with Gasteiger partial charge in [-0.05, 0) is 29.3 Å². The summed E-state index contributed by atoms with van der Waals surface area (Å²) < 4.78 is 64.9. The van der Waals surface area contributed by atoms with Crippen LogP contribution in [-0.2, 0) is 20.1 Å². The second-order valence-electron chi connectivity index (χ2n) is 11.1. The number of hydrogen-bond acceptors (Lipinski definition) is 3. The summed E-state index contributed by atoms with van der Waals surface area (Å²) in [7, 11) is 0. The first-order valence-corrected chi connectivity index (χ1v) is 20.5. The average Bonchev–Trinajstić information content (AvgIpc) is 3.34. The van der Waals surface area contributed by atoms with Crippen LogP contribution in [0.25, 0.3) is 44.5 Å². The van der Waals surface area contributed by atoms with Crippen LogP contribution < -0.4 is 4.40 Å². The zero-order valence-electron chi connectivity index (χ0n) is 27.9. The van der Waals surface area contributed by atoms with E-state index in [4.69, 9.17) is 9.90 Å². The van der Waals surface area contributed by atoms with Gasteiger partial charge in [0.15, 0.2) is 0 Å². The molecule has 3 heterocycles. The van der Waals surface area contributed by atoms with Gasteiger partial charge in [0.2, 0.25) is 0 Å². The van der Waals surface area contributed by atoms with Gasteiger partial charge >= 0.3 is 110 Å². The monoisotopic (exact) mass is 805 g/mol. The summed E-state index contributed by atoms with van der Waals surface area (Å²) in [6, 6.07) is 24.6. The van der Waals surface area contributed by atoms with Gasteiger partial charge < -0.3 is 9.40 Å². The van der Waals surface area contributed by atoms with E-state index in [1.807, 2.05) is 18.3 Å². The van der Waals surface area contributed by atoms with Gasteiger partial charge in [-0.2, -0.15) is 0 Å². The van der Waals surface area contributed by atoms with Crippen LogP contribution in [0.4, 0.5) is 8.78 Å². The summed E-state index contributed by atoms with van der Waals surface area (Å²) in [6.07, 6.45) is 3.05. The molecule has 0 unspecified atom stereocenters. The molecule has 0 aliphatic carbocycles. The van der Waals surface area contributed by atoms with Crippen molar-refractivity contribution in [3.8, 4) is 22.5 Å². The van der Waals surface area contributed by atoms with Crippen molar-refractivity contribution >= 4 is 39.6 Å². The first-order valence-electron chi connectivity index (χ1n) is 15.2. The number of hydrogen-bond donors (Lipinski definition) is 0. The SMILES string of the molecule is [2H]C(C)(C)c1cc(-c2[c-]ccc3c2oc2cc(F)ccc23)ncc1F.[2H]C([2H])([2H])c1c[c-]c(-c2cc[c]([Ge]([CH3])([CH3])[CH3])cn2)cc1.[Ir]. The Balaban J connectivity index is 0.000000210. The van der Waals surface area contributed by atoms with Crippen molar-refractivity contribution in [1.29, 1.82) is 0 Å². The van der Waals surface area contributed by atoms with Gasteiger partial charge in [-0.3, -0.25) is 0 Å². The summed E-state index contributed by atoms with van der Waals surface area (Å²) in [6.45, 7) is 1.15. The quantitative estimate of drug-likeness (QED) is 0.132. The topological polar surface area (TPSA) is 38.9 Å². The summed E-state index contributed by atoms with van der Waals surface area (Å²) in [5, 5.41) is 1.59. The Morgan fingerprint density at radius 2 is 1.69 bits per heavy atom. The number of aryl methyl sites for hydroxylation is 1. The van der Waals surface area contributed by atoms with E-state index < -0.39 is 31.8 Å². The van der Waals surface area contributed by atoms with Crippen molar-refractivity contribution < 1.29 is 38.8 Å². The van der Waals surface area contributed by atoms with Crippen molar-refractivity contribution in [3.05, 3.63) is 114 Å². The average molecular weight is 804 g/mol. The third-order valence-electron chi connectivity index (χ3n) is 6.76. The Bertz CT molecular complexity index is 1930. The molecule has 7 heteroatoms. The Morgan fingerprint density at radius 1 is 0.905 bits per heavy atom. The zero-order valence-corrected chi connectivity index (χ0v) is 28.4. The van der Waals surface area contributed by atoms with E-state index >= 15 is 0 Å². The molecule has 0 N–H and O–H groups in total. The van der Waals surface area contributed by atoms with E-state index in [1.165, 1.54) is 22.6 Å². The number of nitrogens with zero attached hydrogens (tertiary/aromatic N) is 2. The van der Waals surface area contributed by atoms with Gasteiger partial charge in [0.25, 0.3) is 0 Å². The van der Waals surface area contributed by atoms with E-state index in [0.29, 0.717) is 28.0 Å². The second kappa shape index (κ2) is 13.0. The maximum absolute atomic E-state index is 14.0. The number of aromatic nitrogens is 2. The second-order valence-corrected chi connectivity index (χ2v) is 21.7. The molecule has 0 saturated carbocycles. The minimum Gasteiger partial charge on any atom is 0 e. The van der Waals surface area contributed by atoms with Gasteiger partial charge in [0, 0.05) is 32.9 Å². The van der Waals surface area contributed by atoms with Crippen LogP contribution in [0, 0.1) is 30.6 Å². The van der Waals surface area contributed by atoms with Crippen LogP contribution in [0.1, 0.15) is 36.4 Å². The molecule has 217 valence electrons. The Morgan fingerprint density at radius 3 is 2.33 bits per heavy atom. The molecule has 42 heavy (non-hydrogen) atoms. The minimum absolute atomic E-state index is 0. The van der Waals surface area contributed by atoms with E-state index in [0.717, 1.165) is 28.2 Å². The van der Waals surface area contributed by atoms with Crippen LogP contribution >= 0.6 is 0 Å². The summed E-state index contributed by atoms with van der Waals surface area (Å²) >= 11 is -1.83. The number of pyridine rings is 2. The molecule has 0 saturated heterocycles. The van der Waals surface area contributed by atoms with E-state index in [-0.39, 0.29) is 31.5 Å². The predicted octanol–water partition coefficient (Wildman–Crippen LogP) is 9.25. The Hall–Kier alpha value is -3.19. The zero-order chi connectivity index (χ0) is 32.7. The third kappa shape index (κ3) is 6.88. The first kappa shape index (κ1) is 26.4. The van der Waals surface area contributed by atoms with Crippen LogP contribution in [-0.4, -0.2) is 23.2 Å². The first-order chi connectivity index (χ1) is 21.0. The Kier molecular flexibility index (Phi) is 8.18. The molecule has 3 nitrogen and oxygen atoms in total.